The molecule has 4 heterocycles. The molecule has 0 aromatic carbocycles. The number of nitrogens with zero attached hydrogens (tertiary/aromatic N) is 4. The predicted molar refractivity (Wildman–Crippen MR) is 102 cm³/mol. The van der Waals surface area contributed by atoms with Crippen molar-refractivity contribution in [2.45, 2.75) is 46.5 Å². The molecule has 1 aliphatic rings. The molecule has 1 N–H and O–H groups in total. The molecule has 0 unspecified atom stereocenters. The zero-order chi connectivity index (χ0) is 18.4. The van der Waals surface area contributed by atoms with Crippen molar-refractivity contribution in [2.24, 2.45) is 0 Å². The van der Waals surface area contributed by atoms with E-state index in [4.69, 9.17) is 0 Å². The lowest BCUT2D eigenvalue weighted by atomic mass is 9.91. The average molecular weight is 367 g/mol. The smallest absolute Gasteiger partial charge is 0.252 e. The molecule has 0 fully saturated rings. The van der Waals surface area contributed by atoms with Crippen molar-refractivity contribution in [3.05, 3.63) is 50.6 Å². The Kier molecular flexibility index (Phi) is 4.11. The summed E-state index contributed by atoms with van der Waals surface area (Å²) < 4.78 is 1.67. The summed E-state index contributed by atoms with van der Waals surface area (Å²) >= 11 is 1.78. The van der Waals surface area contributed by atoms with E-state index in [1.807, 2.05) is 26.8 Å². The van der Waals surface area contributed by atoms with Gasteiger partial charge in [-0.3, -0.25) is 4.79 Å². The summed E-state index contributed by atoms with van der Waals surface area (Å²) in [5.74, 6) is 1.22. The van der Waals surface area contributed by atoms with Gasteiger partial charge >= 0.3 is 0 Å². The van der Waals surface area contributed by atoms with Crippen LogP contribution in [0.15, 0.2) is 18.2 Å². The number of amides is 1. The number of thiophene rings is 1. The van der Waals surface area contributed by atoms with Gasteiger partial charge in [-0.05, 0) is 45.4 Å². The van der Waals surface area contributed by atoms with Gasteiger partial charge in [0.1, 0.15) is 5.82 Å². The van der Waals surface area contributed by atoms with Crippen LogP contribution in [0.5, 0.6) is 0 Å². The number of aromatic nitrogens is 4. The van der Waals surface area contributed by atoms with E-state index in [0.717, 1.165) is 29.1 Å². The van der Waals surface area contributed by atoms with Crippen LogP contribution in [0.3, 0.4) is 0 Å². The summed E-state index contributed by atoms with van der Waals surface area (Å²) in [6, 6.07) is 6.21. The molecular formula is C19H21N5OS. The van der Waals surface area contributed by atoms with E-state index in [1.54, 1.807) is 16.0 Å². The summed E-state index contributed by atoms with van der Waals surface area (Å²) in [5, 5.41) is 7.66. The van der Waals surface area contributed by atoms with Crippen molar-refractivity contribution in [1.29, 1.82) is 0 Å². The van der Waals surface area contributed by atoms with Crippen molar-refractivity contribution in [1.82, 2.24) is 19.7 Å². The second-order valence-electron chi connectivity index (χ2n) is 6.67. The molecule has 4 rings (SSSR count). The molecule has 7 heteroatoms. The van der Waals surface area contributed by atoms with E-state index in [1.165, 1.54) is 9.75 Å². The lowest BCUT2D eigenvalue weighted by molar-refractivity contribution is -0.116. The van der Waals surface area contributed by atoms with E-state index >= 15 is 0 Å². The van der Waals surface area contributed by atoms with Crippen molar-refractivity contribution in [3.63, 3.8) is 0 Å². The molecule has 1 amide bonds. The van der Waals surface area contributed by atoms with Gasteiger partial charge in [0.05, 0.1) is 5.69 Å². The minimum Gasteiger partial charge on any atom is -0.310 e. The quantitative estimate of drug-likeness (QED) is 0.766. The highest BCUT2D eigenvalue weighted by atomic mass is 32.1. The summed E-state index contributed by atoms with van der Waals surface area (Å²) in [5.41, 5.74) is 3.72. The monoisotopic (exact) mass is 367 g/mol. The van der Waals surface area contributed by atoms with Crippen molar-refractivity contribution in [2.75, 3.05) is 5.32 Å². The maximum atomic E-state index is 12.4. The van der Waals surface area contributed by atoms with Gasteiger partial charge in [-0.15, -0.1) is 11.3 Å². The van der Waals surface area contributed by atoms with E-state index in [0.29, 0.717) is 18.2 Å². The van der Waals surface area contributed by atoms with Crippen LogP contribution in [-0.2, 0) is 11.2 Å². The van der Waals surface area contributed by atoms with Gasteiger partial charge in [-0.1, -0.05) is 6.92 Å². The zero-order valence-corrected chi connectivity index (χ0v) is 16.1. The Balaban J connectivity index is 1.87. The third-order valence-electron chi connectivity index (χ3n) is 4.64. The summed E-state index contributed by atoms with van der Waals surface area (Å²) in [6.45, 7) is 7.99. The SMILES string of the molecule is CCc1ccc([C@H]2CC(=O)Nc3c2c(C)nn3-c2nc(C)cc(C)n2)s1. The van der Waals surface area contributed by atoms with Crippen LogP contribution in [0.4, 0.5) is 5.82 Å². The molecule has 0 saturated carbocycles. The fourth-order valence-corrected chi connectivity index (χ4v) is 4.57. The first-order valence-electron chi connectivity index (χ1n) is 8.77. The first kappa shape index (κ1) is 16.9. The fourth-order valence-electron chi connectivity index (χ4n) is 3.51. The Hall–Kier alpha value is -2.54. The second-order valence-corrected chi connectivity index (χ2v) is 7.87. The lowest BCUT2D eigenvalue weighted by Crippen LogP contribution is -2.25. The van der Waals surface area contributed by atoms with E-state index < -0.39 is 0 Å². The standard InChI is InChI=1S/C19H21N5OS/c1-5-13-6-7-15(26-13)14-9-16(25)22-18-17(14)12(4)23-24(18)19-20-10(2)8-11(3)21-19/h6-8,14H,5,9H2,1-4H3,(H,22,25)/t14-/m1/s1. The number of nitrogens with one attached hydrogen (secondary N) is 1. The van der Waals surface area contributed by atoms with E-state index in [-0.39, 0.29) is 11.8 Å². The highest BCUT2D eigenvalue weighted by Gasteiger charge is 2.34. The Bertz CT molecular complexity index is 983. The fraction of sp³-hybridized carbons (Fsp3) is 0.368. The highest BCUT2D eigenvalue weighted by Crippen LogP contribution is 2.42. The van der Waals surface area contributed by atoms with Crippen LogP contribution < -0.4 is 5.32 Å². The Morgan fingerprint density at radius 2 is 1.96 bits per heavy atom. The molecule has 1 atom stereocenters. The molecule has 3 aromatic rings. The van der Waals surface area contributed by atoms with Crippen LogP contribution in [0, 0.1) is 20.8 Å². The minimum atomic E-state index is -0.000488. The van der Waals surface area contributed by atoms with E-state index in [9.17, 15) is 4.79 Å². The topological polar surface area (TPSA) is 72.7 Å². The van der Waals surface area contributed by atoms with Crippen LogP contribution >= 0.6 is 11.3 Å². The van der Waals surface area contributed by atoms with Crippen LogP contribution in [0.1, 0.15) is 51.7 Å². The third kappa shape index (κ3) is 2.82. The van der Waals surface area contributed by atoms with Gasteiger partial charge in [0, 0.05) is 39.0 Å². The Morgan fingerprint density at radius 3 is 2.62 bits per heavy atom. The molecule has 0 aliphatic carbocycles. The normalized spacial score (nSPS) is 16.5. The minimum absolute atomic E-state index is 0.000488. The molecule has 26 heavy (non-hydrogen) atoms. The predicted octanol–water partition coefficient (Wildman–Crippen LogP) is 3.69. The molecule has 3 aromatic heterocycles. The maximum absolute atomic E-state index is 12.4. The summed E-state index contributed by atoms with van der Waals surface area (Å²) in [7, 11) is 0. The number of anilines is 1. The van der Waals surface area contributed by atoms with E-state index in [2.05, 4.69) is 39.4 Å². The van der Waals surface area contributed by atoms with Gasteiger partial charge in [0.25, 0.3) is 5.95 Å². The molecule has 134 valence electrons. The van der Waals surface area contributed by atoms with Crippen LogP contribution in [-0.4, -0.2) is 25.7 Å². The van der Waals surface area contributed by atoms with Gasteiger partial charge in [-0.2, -0.15) is 9.78 Å². The van der Waals surface area contributed by atoms with Gasteiger partial charge < -0.3 is 5.32 Å². The molecule has 1 aliphatic heterocycles. The number of carbonyl (C=O) groups is 1. The largest absolute Gasteiger partial charge is 0.310 e. The van der Waals surface area contributed by atoms with Crippen molar-refractivity contribution >= 4 is 23.1 Å². The third-order valence-corrected chi connectivity index (χ3v) is 5.98. The number of hydrogen-bond acceptors (Lipinski definition) is 5. The molecule has 0 saturated heterocycles. The van der Waals surface area contributed by atoms with Gasteiger partial charge in [-0.25, -0.2) is 9.97 Å². The van der Waals surface area contributed by atoms with Gasteiger partial charge in [0.15, 0.2) is 0 Å². The molecular weight excluding hydrogens is 346 g/mol. The Morgan fingerprint density at radius 1 is 1.23 bits per heavy atom. The molecule has 0 spiro atoms. The first-order valence-corrected chi connectivity index (χ1v) is 9.58. The van der Waals surface area contributed by atoms with Gasteiger partial charge in [0.2, 0.25) is 5.91 Å². The average Bonchev–Trinajstić information content (AvgIpc) is 3.18. The van der Waals surface area contributed by atoms with Crippen LogP contribution in [0.2, 0.25) is 0 Å². The number of carbonyl (C=O) groups excluding carboxylic acids is 1. The summed E-state index contributed by atoms with van der Waals surface area (Å²) in [4.78, 5) is 24.0. The second kappa shape index (κ2) is 6.32. The first-order chi connectivity index (χ1) is 12.5. The number of fused-ring (bicyclic) bond motifs is 1. The molecule has 0 radical (unpaired) electrons. The van der Waals surface area contributed by atoms with Crippen molar-refractivity contribution in [3.8, 4) is 5.95 Å². The molecule has 6 nitrogen and oxygen atoms in total. The maximum Gasteiger partial charge on any atom is 0.252 e. The molecule has 0 bridgehead atoms. The van der Waals surface area contributed by atoms with Crippen molar-refractivity contribution < 1.29 is 4.79 Å². The zero-order valence-electron chi connectivity index (χ0n) is 15.3. The summed E-state index contributed by atoms with van der Waals surface area (Å²) in [6.07, 6.45) is 1.45. The number of rotatable bonds is 3. The Labute approximate surface area is 156 Å². The highest BCUT2D eigenvalue weighted by molar-refractivity contribution is 7.12. The number of hydrogen-bond donors (Lipinski definition) is 1. The lowest BCUT2D eigenvalue weighted by Gasteiger charge is -2.23. The number of aryl methyl sites for hydroxylation is 4. The van der Waals surface area contributed by atoms with Crippen LogP contribution in [0.25, 0.3) is 5.95 Å².